The van der Waals surface area contributed by atoms with E-state index in [4.69, 9.17) is 9.72 Å². The first-order chi connectivity index (χ1) is 14.7. The molecule has 2 aromatic heterocycles. The molecule has 1 aliphatic carbocycles. The van der Waals surface area contributed by atoms with Crippen LogP contribution >= 0.6 is 11.8 Å². The molecule has 1 aliphatic heterocycles. The van der Waals surface area contributed by atoms with Crippen LogP contribution in [0.3, 0.4) is 0 Å². The maximum Gasteiger partial charge on any atom is 0.207 e. The zero-order valence-electron chi connectivity index (χ0n) is 16.1. The standard InChI is InChI=1S/C20H23N5O4S/c26-8-13-15(27)16(28)19(29-13)25-17-14(24-20(25)23-12-6-7-12)18(22-10-21-17)30-9-11-4-2-1-3-5-11/h1-5,10,12-13,15-16,19,26-28H,6-9H2,(H,23,24)/t13-,15-,16-,19-/m1/s1. The van der Waals surface area contributed by atoms with Crippen molar-refractivity contribution in [1.29, 1.82) is 0 Å². The summed E-state index contributed by atoms with van der Waals surface area (Å²) in [6.07, 6.45) is -0.637. The van der Waals surface area contributed by atoms with E-state index in [1.165, 1.54) is 11.9 Å². The number of nitrogens with one attached hydrogen (secondary N) is 1. The van der Waals surface area contributed by atoms with Crippen LogP contribution in [0.4, 0.5) is 5.95 Å². The van der Waals surface area contributed by atoms with Crippen molar-refractivity contribution in [3.63, 3.8) is 0 Å². The Balaban J connectivity index is 1.52. The molecule has 2 aliphatic rings. The van der Waals surface area contributed by atoms with Crippen molar-refractivity contribution in [2.45, 2.75) is 54.2 Å². The lowest BCUT2D eigenvalue weighted by molar-refractivity contribution is -0.0501. The SMILES string of the molecule is OC[C@H]1O[C@@H](n2c(NC3CC3)nc3c(SCc4ccccc4)ncnc32)[C@H](O)[C@@H]1O. The van der Waals surface area contributed by atoms with E-state index in [-0.39, 0.29) is 6.61 Å². The van der Waals surface area contributed by atoms with Crippen molar-refractivity contribution in [2.75, 3.05) is 11.9 Å². The van der Waals surface area contributed by atoms with Crippen LogP contribution in [0, 0.1) is 0 Å². The second-order valence-electron chi connectivity index (χ2n) is 7.58. The lowest BCUT2D eigenvalue weighted by Crippen LogP contribution is -2.33. The highest BCUT2D eigenvalue weighted by molar-refractivity contribution is 7.98. The van der Waals surface area contributed by atoms with Gasteiger partial charge < -0.3 is 25.4 Å². The average molecular weight is 430 g/mol. The topological polar surface area (TPSA) is 126 Å². The minimum Gasteiger partial charge on any atom is -0.394 e. The monoisotopic (exact) mass is 429 g/mol. The summed E-state index contributed by atoms with van der Waals surface area (Å²) in [4.78, 5) is 13.6. The highest BCUT2D eigenvalue weighted by Gasteiger charge is 2.45. The third kappa shape index (κ3) is 3.65. The van der Waals surface area contributed by atoms with Crippen LogP contribution in [0.25, 0.3) is 11.2 Å². The van der Waals surface area contributed by atoms with Gasteiger partial charge in [0.05, 0.1) is 6.61 Å². The molecule has 0 radical (unpaired) electrons. The molecule has 158 valence electrons. The van der Waals surface area contributed by atoms with Crippen molar-refractivity contribution in [2.24, 2.45) is 0 Å². The predicted octanol–water partition coefficient (Wildman–Crippen LogP) is 1.30. The molecule has 0 unspecified atom stereocenters. The van der Waals surface area contributed by atoms with E-state index in [9.17, 15) is 15.3 Å². The van der Waals surface area contributed by atoms with E-state index < -0.39 is 24.5 Å². The van der Waals surface area contributed by atoms with Gasteiger partial charge in [-0.3, -0.25) is 4.57 Å². The van der Waals surface area contributed by atoms with Gasteiger partial charge in [0.25, 0.3) is 0 Å². The van der Waals surface area contributed by atoms with Crippen LogP contribution in [0.2, 0.25) is 0 Å². The van der Waals surface area contributed by atoms with Gasteiger partial charge in [-0.1, -0.05) is 42.1 Å². The first-order valence-corrected chi connectivity index (χ1v) is 10.9. The van der Waals surface area contributed by atoms with Gasteiger partial charge >= 0.3 is 0 Å². The first-order valence-electron chi connectivity index (χ1n) is 9.94. The minimum absolute atomic E-state index is 0.311. The molecule has 3 aromatic rings. The van der Waals surface area contributed by atoms with E-state index in [2.05, 4.69) is 27.4 Å². The Morgan fingerprint density at radius 1 is 1.13 bits per heavy atom. The summed E-state index contributed by atoms with van der Waals surface area (Å²) < 4.78 is 7.44. The molecule has 4 atom stereocenters. The number of imidazole rings is 1. The van der Waals surface area contributed by atoms with Crippen molar-refractivity contribution in [1.82, 2.24) is 19.5 Å². The van der Waals surface area contributed by atoms with Crippen LogP contribution in [0.15, 0.2) is 41.7 Å². The number of anilines is 1. The summed E-state index contributed by atoms with van der Waals surface area (Å²) in [5.41, 5.74) is 2.30. The lowest BCUT2D eigenvalue weighted by Gasteiger charge is -2.19. The smallest absolute Gasteiger partial charge is 0.207 e. The van der Waals surface area contributed by atoms with Crippen LogP contribution in [0.5, 0.6) is 0 Å². The molecule has 0 amide bonds. The first kappa shape index (κ1) is 19.7. The summed E-state index contributed by atoms with van der Waals surface area (Å²) in [7, 11) is 0. The highest BCUT2D eigenvalue weighted by Crippen LogP contribution is 2.37. The van der Waals surface area contributed by atoms with Crippen molar-refractivity contribution in [3.05, 3.63) is 42.2 Å². The Kier molecular flexibility index (Phi) is 5.34. The predicted molar refractivity (Wildman–Crippen MR) is 111 cm³/mol. The second kappa shape index (κ2) is 8.12. The number of hydrogen-bond donors (Lipinski definition) is 4. The van der Waals surface area contributed by atoms with Gasteiger partial charge in [0.15, 0.2) is 11.9 Å². The van der Waals surface area contributed by atoms with E-state index in [1.807, 2.05) is 18.2 Å². The number of ether oxygens (including phenoxy) is 1. The Bertz CT molecular complexity index is 1030. The van der Waals surface area contributed by atoms with Crippen LogP contribution in [-0.2, 0) is 10.5 Å². The van der Waals surface area contributed by atoms with Gasteiger partial charge in [0.2, 0.25) is 5.95 Å². The molecular weight excluding hydrogens is 406 g/mol. The van der Waals surface area contributed by atoms with Gasteiger partial charge in [-0.05, 0) is 18.4 Å². The maximum atomic E-state index is 10.6. The second-order valence-corrected chi connectivity index (χ2v) is 8.54. The van der Waals surface area contributed by atoms with E-state index in [0.29, 0.717) is 23.2 Å². The molecule has 4 N–H and O–H groups in total. The summed E-state index contributed by atoms with van der Waals surface area (Å²) in [6, 6.07) is 10.4. The normalized spacial score (nSPS) is 26.4. The van der Waals surface area contributed by atoms with Crippen LogP contribution in [-0.4, -0.2) is 65.8 Å². The summed E-state index contributed by atoms with van der Waals surface area (Å²) in [5.74, 6) is 1.25. The maximum absolute atomic E-state index is 10.6. The van der Waals surface area contributed by atoms with Crippen molar-refractivity contribution in [3.8, 4) is 0 Å². The third-order valence-corrected chi connectivity index (χ3v) is 6.39. The average Bonchev–Trinajstić information content (AvgIpc) is 3.45. The molecule has 10 heteroatoms. The number of hydrogen-bond acceptors (Lipinski definition) is 9. The fourth-order valence-corrected chi connectivity index (χ4v) is 4.46. The van der Waals surface area contributed by atoms with Gasteiger partial charge in [-0.25, -0.2) is 15.0 Å². The molecule has 30 heavy (non-hydrogen) atoms. The Hall–Kier alpha value is -2.24. The van der Waals surface area contributed by atoms with E-state index >= 15 is 0 Å². The lowest BCUT2D eigenvalue weighted by atomic mass is 10.1. The number of rotatable bonds is 7. The van der Waals surface area contributed by atoms with E-state index in [1.54, 1.807) is 16.3 Å². The summed E-state index contributed by atoms with van der Waals surface area (Å²) in [5, 5.41) is 34.4. The molecule has 0 bridgehead atoms. The zero-order valence-corrected chi connectivity index (χ0v) is 16.9. The third-order valence-electron chi connectivity index (χ3n) is 5.34. The molecule has 1 saturated heterocycles. The number of aliphatic hydroxyl groups is 3. The largest absolute Gasteiger partial charge is 0.394 e. The number of aromatic nitrogens is 4. The number of fused-ring (bicyclic) bond motifs is 1. The van der Waals surface area contributed by atoms with Gasteiger partial charge in [-0.15, -0.1) is 0 Å². The number of benzene rings is 1. The molecule has 1 saturated carbocycles. The minimum atomic E-state index is -1.21. The van der Waals surface area contributed by atoms with Crippen molar-refractivity contribution >= 4 is 28.9 Å². The molecule has 5 rings (SSSR count). The molecule has 1 aromatic carbocycles. The number of thioether (sulfide) groups is 1. The van der Waals surface area contributed by atoms with Crippen LogP contribution in [0.1, 0.15) is 24.6 Å². The van der Waals surface area contributed by atoms with Gasteiger partial charge in [-0.2, -0.15) is 0 Å². The van der Waals surface area contributed by atoms with E-state index in [0.717, 1.165) is 23.6 Å². The van der Waals surface area contributed by atoms with Gasteiger partial charge in [0, 0.05) is 11.8 Å². The van der Waals surface area contributed by atoms with Crippen molar-refractivity contribution < 1.29 is 20.1 Å². The molecule has 9 nitrogen and oxygen atoms in total. The van der Waals surface area contributed by atoms with Gasteiger partial charge in [0.1, 0.15) is 35.2 Å². The fraction of sp³-hybridized carbons (Fsp3) is 0.450. The molecular formula is C20H23N5O4S. The number of nitrogens with zero attached hydrogens (tertiary/aromatic N) is 4. The Morgan fingerprint density at radius 3 is 2.63 bits per heavy atom. The zero-order chi connectivity index (χ0) is 20.7. The molecule has 3 heterocycles. The fourth-order valence-electron chi connectivity index (χ4n) is 3.57. The van der Waals surface area contributed by atoms with Crippen LogP contribution < -0.4 is 5.32 Å². The highest BCUT2D eigenvalue weighted by atomic mass is 32.2. The molecule has 2 fully saturated rings. The Labute approximate surface area is 177 Å². The summed E-state index contributed by atoms with van der Waals surface area (Å²) >= 11 is 1.56. The molecule has 0 spiro atoms. The quantitative estimate of drug-likeness (QED) is 0.325. The Morgan fingerprint density at radius 2 is 1.93 bits per heavy atom. The summed E-state index contributed by atoms with van der Waals surface area (Å²) in [6.45, 7) is -0.389. The number of aliphatic hydroxyl groups excluding tert-OH is 3.